The molecule has 0 aromatic heterocycles. The van der Waals surface area contributed by atoms with Crippen molar-refractivity contribution in [1.82, 2.24) is 0 Å². The molecule has 0 unspecified atom stereocenters. The predicted molar refractivity (Wildman–Crippen MR) is 13.4 cm³/mol. The van der Waals surface area contributed by atoms with E-state index in [-0.39, 0.29) is 89.1 Å². The van der Waals surface area contributed by atoms with Crippen LogP contribution in [0, 0.1) is 0 Å². The minimum absolute atomic E-state index is 0. The summed E-state index contributed by atoms with van der Waals surface area (Å²) in [5.74, 6) is 0. The Morgan fingerprint density at radius 1 is 1.00 bits per heavy atom. The molecular weight excluding hydrogens is 267 g/mol. The van der Waals surface area contributed by atoms with Crippen molar-refractivity contribution in [1.29, 1.82) is 0 Å². The number of phosphoric acid groups is 1. The Balaban J connectivity index is -0.0000000267. The first-order chi connectivity index (χ1) is 4.00. The molecule has 0 aliphatic rings. The standard InChI is InChI=1S/K.2Li.Mn.H3O4P.2H2O.2O/c;;;;1-5(2,3)4;;;;/h;;;;(H3,1,2,3,4);2*1H2;;/q3*+1;+2;;;;;/p-5. The average molecular weight is 269 g/mol. The Hall–Kier alpha value is 2.98. The van der Waals surface area contributed by atoms with Gasteiger partial charge in [-0.15, -0.1) is 0 Å². The molecule has 65 valence electrons. The molecule has 0 saturated heterocycles. The van der Waals surface area contributed by atoms with Crippen LogP contribution in [0.3, 0.4) is 0 Å². The molecule has 0 atom stereocenters. The zero-order valence-corrected chi connectivity index (χ0v) is 12.4. The van der Waals surface area contributed by atoms with Gasteiger partial charge in [0, 0.05) is 0 Å². The third-order valence-electron chi connectivity index (χ3n) is 0. The van der Waals surface area contributed by atoms with Gasteiger partial charge in [-0.25, -0.2) is 0 Å². The summed E-state index contributed by atoms with van der Waals surface area (Å²) in [7, 11) is -5.39. The van der Waals surface area contributed by atoms with Crippen LogP contribution in [-0.2, 0) is 25.6 Å². The second-order valence-corrected chi connectivity index (χ2v) is 3.05. The van der Waals surface area contributed by atoms with Gasteiger partial charge in [0.1, 0.15) is 0 Å². The van der Waals surface area contributed by atoms with E-state index in [1.54, 1.807) is 0 Å². The van der Waals surface area contributed by atoms with Crippen molar-refractivity contribution >= 4 is 7.82 Å². The Bertz CT molecular complexity index is 200. The molecule has 2 N–H and O–H groups in total. The third-order valence-corrected chi connectivity index (χ3v) is 0. The molecule has 0 fully saturated rings. The van der Waals surface area contributed by atoms with Crippen LogP contribution in [0.15, 0.2) is 0 Å². The molecule has 13 heteroatoms. The van der Waals surface area contributed by atoms with Gasteiger partial charge in [0.05, 0.1) is 0 Å². The molecule has 0 radical (unpaired) electrons. The van der Waals surface area contributed by atoms with E-state index in [4.69, 9.17) is 35.3 Å². The van der Waals surface area contributed by atoms with Crippen LogP contribution < -0.4 is 104 Å². The van der Waals surface area contributed by atoms with Crippen molar-refractivity contribution < 1.29 is 138 Å². The first kappa shape index (κ1) is 29.7. The summed E-state index contributed by atoms with van der Waals surface area (Å²) >= 11 is -5.12. The maximum atomic E-state index is 8.80. The van der Waals surface area contributed by atoms with Crippen molar-refractivity contribution in [3.05, 3.63) is 0 Å². The summed E-state index contributed by atoms with van der Waals surface area (Å²) in [5.41, 5.74) is 0. The van der Waals surface area contributed by atoms with E-state index in [9.17, 15) is 0 Å². The van der Waals surface area contributed by atoms with Gasteiger partial charge in [0.25, 0.3) is 0 Å². The fraction of sp³-hybridized carbons (Fsp3) is 0. The van der Waals surface area contributed by atoms with Crippen molar-refractivity contribution in [3.8, 4) is 0 Å². The summed E-state index contributed by atoms with van der Waals surface area (Å²) in [6.07, 6.45) is 0. The van der Waals surface area contributed by atoms with E-state index < -0.39 is 21.2 Å². The van der Waals surface area contributed by atoms with Gasteiger partial charge in [0.15, 0.2) is 0 Å². The van der Waals surface area contributed by atoms with Gasteiger partial charge in [-0.05, 0) is 0 Å². The third kappa shape index (κ3) is 284. The zero-order valence-electron chi connectivity index (χ0n) is 7.17. The molecule has 0 aliphatic heterocycles. The summed E-state index contributed by atoms with van der Waals surface area (Å²) in [6.45, 7) is 0. The molecule has 0 aromatic carbocycles. The predicted octanol–water partition coefficient (Wildman–Crippen LogP) is -13.2. The fourth-order valence-electron chi connectivity index (χ4n) is 0. The molecule has 13 heavy (non-hydrogen) atoms. The number of hydrogen-bond acceptors (Lipinski definition) is 6. The van der Waals surface area contributed by atoms with E-state index in [2.05, 4.69) is 0 Å². The van der Waals surface area contributed by atoms with Gasteiger partial charge in [-0.3, -0.25) is 0 Å². The monoisotopic (exact) mass is 269 g/mol. The topological polar surface area (TPSA) is 161 Å². The maximum absolute atomic E-state index is 8.80. The van der Waals surface area contributed by atoms with Crippen LogP contribution in [0.5, 0.6) is 0 Å². The van der Waals surface area contributed by atoms with Crippen molar-refractivity contribution in [3.63, 3.8) is 0 Å². The Morgan fingerprint density at radius 2 is 1.00 bits per heavy atom. The summed E-state index contributed by atoms with van der Waals surface area (Å²) in [4.78, 5) is 25.6. The van der Waals surface area contributed by atoms with Crippen molar-refractivity contribution in [2.45, 2.75) is 0 Å². The molecule has 8 nitrogen and oxygen atoms in total. The molecule has 0 saturated carbocycles. The van der Waals surface area contributed by atoms with E-state index in [0.717, 1.165) is 0 Å². The van der Waals surface area contributed by atoms with Gasteiger partial charge in [-0.2, -0.15) is 7.82 Å². The second-order valence-electron chi connectivity index (χ2n) is 0.862. The van der Waals surface area contributed by atoms with Gasteiger partial charge < -0.3 is 19.2 Å². The Kier molecular flexibility index (Phi) is 29.9. The van der Waals surface area contributed by atoms with E-state index in [1.165, 1.54) is 0 Å². The quantitative estimate of drug-likeness (QED) is 0.323. The summed E-state index contributed by atoms with van der Waals surface area (Å²) in [6, 6.07) is 0. The van der Waals surface area contributed by atoms with Crippen LogP contribution in [-0.4, -0.2) is 8.38 Å². The molecule has 0 heterocycles. The number of hydrogen-bond donors (Lipinski definition) is 2. The van der Waals surface area contributed by atoms with Crippen LogP contribution in [0.1, 0.15) is 0 Å². The molecule has 0 aliphatic carbocycles. The van der Waals surface area contributed by atoms with Crippen LogP contribution >= 0.6 is 7.82 Å². The number of rotatable bonds is 0. The fourth-order valence-corrected chi connectivity index (χ4v) is 0. The molecule has 0 spiro atoms. The normalized spacial score (nSPS) is 9.00. The first-order valence-electron chi connectivity index (χ1n) is 1.38. The van der Waals surface area contributed by atoms with Crippen LogP contribution in [0.2, 0.25) is 0 Å². The molecular formula is H2KLi2MnO8P. The van der Waals surface area contributed by atoms with Crippen molar-refractivity contribution in [2.24, 2.45) is 0 Å². The molecule has 0 aromatic rings. The van der Waals surface area contributed by atoms with Gasteiger partial charge >= 0.3 is 119 Å². The van der Waals surface area contributed by atoms with Gasteiger partial charge in [0.2, 0.25) is 0 Å². The molecule has 0 amide bonds. The van der Waals surface area contributed by atoms with E-state index in [1.807, 2.05) is 0 Å². The molecule has 0 bridgehead atoms. The van der Waals surface area contributed by atoms with Gasteiger partial charge in [-0.1, -0.05) is 0 Å². The summed E-state index contributed by atoms with van der Waals surface area (Å²) < 4.78 is 40.4. The summed E-state index contributed by atoms with van der Waals surface area (Å²) in [5, 5.41) is 0. The second kappa shape index (κ2) is 13.0. The Morgan fingerprint density at radius 3 is 1.00 bits per heavy atom. The zero-order chi connectivity index (χ0) is 9.00. The van der Waals surface area contributed by atoms with Crippen LogP contribution in [0.4, 0.5) is 0 Å². The first-order valence-corrected chi connectivity index (χ1v) is 4.86. The minimum atomic E-state index is -5.39. The molecule has 0 rings (SSSR count). The van der Waals surface area contributed by atoms with E-state index in [0.29, 0.717) is 0 Å². The SMILES string of the molecule is O=P([O-])([O-])[O-].[K+].[Li+].[Li+].[O]=[Mn](=[O])([OH])[OH]. The van der Waals surface area contributed by atoms with Crippen LogP contribution in [0.25, 0.3) is 0 Å². The Labute approximate surface area is 143 Å². The van der Waals surface area contributed by atoms with Crippen molar-refractivity contribution in [2.75, 3.05) is 0 Å². The average Bonchev–Trinajstić information content (AvgIpc) is 1.12. The van der Waals surface area contributed by atoms with E-state index >= 15 is 0 Å².